The zero-order valence-electron chi connectivity index (χ0n) is 10.8. The fourth-order valence-corrected chi connectivity index (χ4v) is 2.37. The second kappa shape index (κ2) is 6.29. The van der Waals surface area contributed by atoms with Crippen molar-refractivity contribution in [3.63, 3.8) is 0 Å². The fourth-order valence-electron chi connectivity index (χ4n) is 1.58. The van der Waals surface area contributed by atoms with Crippen LogP contribution < -0.4 is 5.32 Å². The molecule has 0 bridgehead atoms. The lowest BCUT2D eigenvalue weighted by Gasteiger charge is -2.12. The molecule has 0 amide bonds. The van der Waals surface area contributed by atoms with Gasteiger partial charge in [0.2, 0.25) is 0 Å². The van der Waals surface area contributed by atoms with E-state index < -0.39 is 0 Å². The van der Waals surface area contributed by atoms with Crippen LogP contribution in [0.15, 0.2) is 29.9 Å². The molecule has 0 saturated heterocycles. The third-order valence-corrected chi connectivity index (χ3v) is 3.45. The van der Waals surface area contributed by atoms with E-state index in [9.17, 15) is 4.79 Å². The van der Waals surface area contributed by atoms with Gasteiger partial charge in [0.25, 0.3) is 0 Å². The molecular formula is C13H15N3O2S. The SMILES string of the molecule is COC(=O)Cc1csc(NC(C)c2cccnc2)n1. The lowest BCUT2D eigenvalue weighted by atomic mass is 10.1. The van der Waals surface area contributed by atoms with Crippen LogP contribution in [0.3, 0.4) is 0 Å². The molecule has 0 saturated carbocycles. The lowest BCUT2D eigenvalue weighted by Crippen LogP contribution is -2.07. The van der Waals surface area contributed by atoms with E-state index in [4.69, 9.17) is 0 Å². The van der Waals surface area contributed by atoms with E-state index in [1.54, 1.807) is 6.20 Å². The van der Waals surface area contributed by atoms with E-state index in [-0.39, 0.29) is 18.4 Å². The molecule has 0 aliphatic heterocycles. The number of carbonyl (C=O) groups is 1. The maximum absolute atomic E-state index is 11.1. The maximum atomic E-state index is 11.1. The lowest BCUT2D eigenvalue weighted by molar-refractivity contribution is -0.139. The second-order valence-electron chi connectivity index (χ2n) is 4.05. The van der Waals surface area contributed by atoms with Crippen molar-refractivity contribution in [2.24, 2.45) is 0 Å². The van der Waals surface area contributed by atoms with Crippen LogP contribution in [0.5, 0.6) is 0 Å². The first kappa shape index (κ1) is 13.5. The number of esters is 1. The Bertz CT molecular complexity index is 542. The molecular weight excluding hydrogens is 262 g/mol. The molecule has 2 aromatic rings. The number of methoxy groups -OCH3 is 1. The summed E-state index contributed by atoms with van der Waals surface area (Å²) in [5.41, 5.74) is 1.81. The van der Waals surface area contributed by atoms with Gasteiger partial charge in [0.1, 0.15) is 0 Å². The largest absolute Gasteiger partial charge is 0.469 e. The molecule has 0 aromatic carbocycles. The molecule has 0 aliphatic carbocycles. The van der Waals surface area contributed by atoms with Gasteiger partial charge in [-0.3, -0.25) is 9.78 Å². The number of pyridine rings is 1. The Balaban J connectivity index is 1.98. The number of aromatic nitrogens is 2. The summed E-state index contributed by atoms with van der Waals surface area (Å²) in [7, 11) is 1.37. The van der Waals surface area contributed by atoms with Gasteiger partial charge >= 0.3 is 5.97 Å². The Morgan fingerprint density at radius 1 is 1.58 bits per heavy atom. The normalized spacial score (nSPS) is 11.9. The topological polar surface area (TPSA) is 64.1 Å². The van der Waals surface area contributed by atoms with Crippen LogP contribution in [0.4, 0.5) is 5.13 Å². The Kier molecular flexibility index (Phi) is 4.46. The van der Waals surface area contributed by atoms with E-state index in [1.807, 2.05) is 30.6 Å². The van der Waals surface area contributed by atoms with Crippen LogP contribution >= 0.6 is 11.3 Å². The number of nitrogens with one attached hydrogen (secondary N) is 1. The molecule has 2 rings (SSSR count). The first-order chi connectivity index (χ1) is 9.19. The van der Waals surface area contributed by atoms with Crippen LogP contribution in [0.25, 0.3) is 0 Å². The Hall–Kier alpha value is -1.95. The first-order valence-electron chi connectivity index (χ1n) is 5.86. The minimum Gasteiger partial charge on any atom is -0.469 e. The number of hydrogen-bond donors (Lipinski definition) is 1. The summed E-state index contributed by atoms with van der Waals surface area (Å²) in [6.07, 6.45) is 3.77. The summed E-state index contributed by atoms with van der Waals surface area (Å²) in [6, 6.07) is 4.02. The zero-order chi connectivity index (χ0) is 13.7. The minimum atomic E-state index is -0.280. The summed E-state index contributed by atoms with van der Waals surface area (Å²) in [5, 5.41) is 5.93. The average Bonchev–Trinajstić information content (AvgIpc) is 2.86. The molecule has 19 heavy (non-hydrogen) atoms. The van der Waals surface area contributed by atoms with Crippen LogP contribution in [-0.4, -0.2) is 23.0 Å². The predicted octanol–water partition coefficient (Wildman–Crippen LogP) is 2.43. The van der Waals surface area contributed by atoms with Crippen molar-refractivity contribution < 1.29 is 9.53 Å². The molecule has 5 nitrogen and oxygen atoms in total. The molecule has 1 unspecified atom stereocenters. The summed E-state index contributed by atoms with van der Waals surface area (Å²) in [5.74, 6) is -0.280. The van der Waals surface area contributed by atoms with Gasteiger partial charge in [-0.25, -0.2) is 4.98 Å². The molecule has 2 aromatic heterocycles. The van der Waals surface area contributed by atoms with Crippen LogP contribution in [-0.2, 0) is 16.0 Å². The van der Waals surface area contributed by atoms with Crippen molar-refractivity contribution in [1.82, 2.24) is 9.97 Å². The number of anilines is 1. The Labute approximate surface area is 115 Å². The van der Waals surface area contributed by atoms with E-state index in [0.29, 0.717) is 0 Å². The molecule has 0 fully saturated rings. The highest BCUT2D eigenvalue weighted by molar-refractivity contribution is 7.13. The van der Waals surface area contributed by atoms with Crippen LogP contribution in [0, 0.1) is 0 Å². The zero-order valence-corrected chi connectivity index (χ0v) is 11.6. The van der Waals surface area contributed by atoms with Gasteiger partial charge in [-0.15, -0.1) is 11.3 Å². The monoisotopic (exact) mass is 277 g/mol. The van der Waals surface area contributed by atoms with E-state index >= 15 is 0 Å². The number of carbonyl (C=O) groups excluding carboxylic acids is 1. The number of nitrogens with zero attached hydrogens (tertiary/aromatic N) is 2. The summed E-state index contributed by atoms with van der Waals surface area (Å²) in [6.45, 7) is 2.04. The molecule has 6 heteroatoms. The first-order valence-corrected chi connectivity index (χ1v) is 6.74. The number of rotatable bonds is 5. The van der Waals surface area contributed by atoms with Gasteiger partial charge in [0, 0.05) is 17.8 Å². The number of hydrogen-bond acceptors (Lipinski definition) is 6. The smallest absolute Gasteiger partial charge is 0.311 e. The van der Waals surface area contributed by atoms with Gasteiger partial charge in [-0.1, -0.05) is 6.07 Å². The van der Waals surface area contributed by atoms with Crippen molar-refractivity contribution in [3.8, 4) is 0 Å². The van der Waals surface area contributed by atoms with Crippen molar-refractivity contribution >= 4 is 22.4 Å². The van der Waals surface area contributed by atoms with Crippen molar-refractivity contribution in [2.45, 2.75) is 19.4 Å². The molecule has 100 valence electrons. The third kappa shape index (κ3) is 3.75. The third-order valence-electron chi connectivity index (χ3n) is 2.63. The molecule has 0 spiro atoms. The predicted molar refractivity (Wildman–Crippen MR) is 74.1 cm³/mol. The highest BCUT2D eigenvalue weighted by Gasteiger charge is 2.10. The molecule has 1 N–H and O–H groups in total. The average molecular weight is 277 g/mol. The Morgan fingerprint density at radius 2 is 2.42 bits per heavy atom. The van der Waals surface area contributed by atoms with Crippen molar-refractivity contribution in [3.05, 3.63) is 41.2 Å². The van der Waals surface area contributed by atoms with Gasteiger partial charge in [0.05, 0.1) is 25.3 Å². The molecule has 0 aliphatic rings. The minimum absolute atomic E-state index is 0.117. The van der Waals surface area contributed by atoms with E-state index in [0.717, 1.165) is 16.4 Å². The maximum Gasteiger partial charge on any atom is 0.311 e. The molecule has 2 heterocycles. The highest BCUT2D eigenvalue weighted by atomic mass is 32.1. The highest BCUT2D eigenvalue weighted by Crippen LogP contribution is 2.22. The van der Waals surface area contributed by atoms with Gasteiger partial charge in [-0.2, -0.15) is 0 Å². The van der Waals surface area contributed by atoms with Crippen LogP contribution in [0.1, 0.15) is 24.2 Å². The quantitative estimate of drug-likeness (QED) is 0.850. The second-order valence-corrected chi connectivity index (χ2v) is 4.91. The van der Waals surface area contributed by atoms with E-state index in [1.165, 1.54) is 18.4 Å². The van der Waals surface area contributed by atoms with Crippen LogP contribution in [0.2, 0.25) is 0 Å². The molecule has 1 atom stereocenters. The van der Waals surface area contributed by atoms with Gasteiger partial charge in [0.15, 0.2) is 5.13 Å². The van der Waals surface area contributed by atoms with Gasteiger partial charge in [-0.05, 0) is 18.6 Å². The summed E-state index contributed by atoms with van der Waals surface area (Å²) < 4.78 is 4.61. The molecule has 0 radical (unpaired) electrons. The summed E-state index contributed by atoms with van der Waals surface area (Å²) in [4.78, 5) is 19.6. The number of ether oxygens (including phenoxy) is 1. The number of thiazole rings is 1. The fraction of sp³-hybridized carbons (Fsp3) is 0.308. The van der Waals surface area contributed by atoms with Gasteiger partial charge < -0.3 is 10.1 Å². The standard InChI is InChI=1S/C13H15N3O2S/c1-9(10-4-3-5-14-7-10)15-13-16-11(8-19-13)6-12(17)18-2/h3-5,7-9H,6H2,1-2H3,(H,15,16). The van der Waals surface area contributed by atoms with Crippen molar-refractivity contribution in [2.75, 3.05) is 12.4 Å². The van der Waals surface area contributed by atoms with E-state index in [2.05, 4.69) is 20.0 Å². The van der Waals surface area contributed by atoms with Crippen molar-refractivity contribution in [1.29, 1.82) is 0 Å². The Morgan fingerprint density at radius 3 is 3.11 bits per heavy atom. The summed E-state index contributed by atoms with van der Waals surface area (Å²) >= 11 is 1.47.